The molecule has 0 saturated heterocycles. The summed E-state index contributed by atoms with van der Waals surface area (Å²) in [4.78, 5) is 23.3. The van der Waals surface area contributed by atoms with Gasteiger partial charge in [0, 0.05) is 0 Å². The molecule has 0 saturated carbocycles. The molecule has 0 radical (unpaired) electrons. The Morgan fingerprint density at radius 3 is 1.76 bits per heavy atom. The standard InChI is InChI=1S/C10H19NO4.2Na.2H/c1-3-11(4-2)7-5-6-8(9(12)13)10(14)15;;;;/h8H,3-7H2,1-2H3,(H,12,13)(H,14,15);;;;. The number of hydrogen-bond acceptors (Lipinski definition) is 3. The number of aliphatic carboxylic acids is 2. The summed E-state index contributed by atoms with van der Waals surface area (Å²) in [6, 6.07) is 0. The number of carbonyl (C=O) groups is 2. The fraction of sp³-hybridized carbons (Fsp3) is 0.800. The Labute approximate surface area is 147 Å². The van der Waals surface area contributed by atoms with E-state index in [1.807, 2.05) is 13.8 Å². The van der Waals surface area contributed by atoms with E-state index in [0.29, 0.717) is 6.42 Å². The molecule has 5 nitrogen and oxygen atoms in total. The van der Waals surface area contributed by atoms with Crippen LogP contribution in [0.25, 0.3) is 0 Å². The van der Waals surface area contributed by atoms with Crippen LogP contribution in [0, 0.1) is 5.92 Å². The minimum absolute atomic E-state index is 0. The van der Waals surface area contributed by atoms with E-state index in [1.54, 1.807) is 0 Å². The summed E-state index contributed by atoms with van der Waals surface area (Å²) in [6.07, 6.45) is 0.798. The van der Waals surface area contributed by atoms with Gasteiger partial charge in [0.1, 0.15) is 0 Å². The van der Waals surface area contributed by atoms with E-state index in [1.165, 1.54) is 0 Å². The topological polar surface area (TPSA) is 77.8 Å². The van der Waals surface area contributed by atoms with Crippen molar-refractivity contribution in [3.05, 3.63) is 0 Å². The van der Waals surface area contributed by atoms with E-state index in [4.69, 9.17) is 10.2 Å². The number of nitrogens with zero attached hydrogens (tertiary/aromatic N) is 1. The average molecular weight is 265 g/mol. The van der Waals surface area contributed by atoms with Crippen molar-refractivity contribution in [3.63, 3.8) is 0 Å². The zero-order valence-corrected chi connectivity index (χ0v) is 9.27. The van der Waals surface area contributed by atoms with Crippen molar-refractivity contribution >= 4 is 71.1 Å². The van der Waals surface area contributed by atoms with Crippen molar-refractivity contribution < 1.29 is 19.8 Å². The fourth-order valence-electron chi connectivity index (χ4n) is 1.41. The molecule has 0 aromatic carbocycles. The van der Waals surface area contributed by atoms with Crippen molar-refractivity contribution in [2.75, 3.05) is 19.6 Å². The van der Waals surface area contributed by atoms with Crippen LogP contribution >= 0.6 is 0 Å². The molecule has 0 aliphatic rings. The van der Waals surface area contributed by atoms with Gasteiger partial charge in [0.25, 0.3) is 0 Å². The molecule has 0 aliphatic carbocycles. The van der Waals surface area contributed by atoms with E-state index in [-0.39, 0.29) is 65.5 Å². The van der Waals surface area contributed by atoms with Crippen LogP contribution in [-0.4, -0.2) is 106 Å². The molecule has 0 atom stereocenters. The number of rotatable bonds is 8. The van der Waals surface area contributed by atoms with E-state index in [0.717, 1.165) is 19.6 Å². The molecule has 0 amide bonds. The minimum atomic E-state index is -1.26. The summed E-state index contributed by atoms with van der Waals surface area (Å²) in [5.41, 5.74) is 0. The SMILES string of the molecule is CCN(CC)CCCC(C(=O)O)C(=O)O.[NaH].[NaH]. The first-order chi connectivity index (χ1) is 7.02. The summed E-state index contributed by atoms with van der Waals surface area (Å²) in [7, 11) is 0. The first-order valence-corrected chi connectivity index (χ1v) is 5.20. The molecule has 0 rings (SSSR count). The number of hydrogen-bond donors (Lipinski definition) is 2. The molecule has 0 bridgehead atoms. The maximum absolute atomic E-state index is 10.6. The molecule has 0 heterocycles. The molecule has 0 spiro atoms. The van der Waals surface area contributed by atoms with Gasteiger partial charge in [-0.3, -0.25) is 9.59 Å². The van der Waals surface area contributed by atoms with Gasteiger partial charge in [-0.25, -0.2) is 0 Å². The Morgan fingerprint density at radius 1 is 1.06 bits per heavy atom. The van der Waals surface area contributed by atoms with Crippen molar-refractivity contribution in [2.45, 2.75) is 26.7 Å². The van der Waals surface area contributed by atoms with Crippen LogP contribution in [0.5, 0.6) is 0 Å². The summed E-state index contributed by atoms with van der Waals surface area (Å²) in [5, 5.41) is 17.3. The maximum atomic E-state index is 10.6. The Bertz CT molecular complexity index is 208. The molecule has 92 valence electrons. The average Bonchev–Trinajstić information content (AvgIpc) is 2.17. The van der Waals surface area contributed by atoms with E-state index in [9.17, 15) is 9.59 Å². The van der Waals surface area contributed by atoms with Crippen molar-refractivity contribution in [1.82, 2.24) is 4.90 Å². The molecule has 0 unspecified atom stereocenters. The Morgan fingerprint density at radius 2 is 1.47 bits per heavy atom. The van der Waals surface area contributed by atoms with E-state index in [2.05, 4.69) is 4.90 Å². The number of carboxylic acid groups (broad SMARTS) is 2. The molecular weight excluding hydrogens is 244 g/mol. The second-order valence-corrected chi connectivity index (χ2v) is 3.40. The van der Waals surface area contributed by atoms with Crippen LogP contribution in [0.4, 0.5) is 0 Å². The fourth-order valence-corrected chi connectivity index (χ4v) is 1.41. The van der Waals surface area contributed by atoms with Gasteiger partial charge >= 0.3 is 71.1 Å². The van der Waals surface area contributed by atoms with Gasteiger partial charge in [0.05, 0.1) is 0 Å². The Hall–Kier alpha value is 0.900. The van der Waals surface area contributed by atoms with Gasteiger partial charge in [0.15, 0.2) is 5.92 Å². The van der Waals surface area contributed by atoms with Crippen LogP contribution < -0.4 is 0 Å². The predicted octanol–water partition coefficient (Wildman–Crippen LogP) is -0.403. The van der Waals surface area contributed by atoms with E-state index < -0.39 is 17.9 Å². The summed E-state index contributed by atoms with van der Waals surface area (Å²) < 4.78 is 0. The zero-order chi connectivity index (χ0) is 11.8. The zero-order valence-electron chi connectivity index (χ0n) is 9.27. The van der Waals surface area contributed by atoms with Gasteiger partial charge in [-0.2, -0.15) is 0 Å². The van der Waals surface area contributed by atoms with Crippen molar-refractivity contribution in [1.29, 1.82) is 0 Å². The first kappa shape index (κ1) is 23.0. The molecule has 7 heteroatoms. The van der Waals surface area contributed by atoms with Gasteiger partial charge in [0.2, 0.25) is 0 Å². The van der Waals surface area contributed by atoms with Crippen LogP contribution in [0.15, 0.2) is 0 Å². The molecule has 0 aromatic heterocycles. The van der Waals surface area contributed by atoms with Crippen LogP contribution in [-0.2, 0) is 9.59 Å². The molecule has 0 fully saturated rings. The third-order valence-corrected chi connectivity index (χ3v) is 2.46. The summed E-state index contributed by atoms with van der Waals surface area (Å²) in [5.74, 6) is -3.76. The molecule has 0 aromatic rings. The second-order valence-electron chi connectivity index (χ2n) is 3.40. The van der Waals surface area contributed by atoms with Crippen molar-refractivity contribution in [3.8, 4) is 0 Å². The molecular formula is C10H21NNa2O4. The van der Waals surface area contributed by atoms with Crippen LogP contribution in [0.3, 0.4) is 0 Å². The monoisotopic (exact) mass is 265 g/mol. The third-order valence-electron chi connectivity index (χ3n) is 2.46. The van der Waals surface area contributed by atoms with Gasteiger partial charge < -0.3 is 15.1 Å². The first-order valence-electron chi connectivity index (χ1n) is 5.20. The van der Waals surface area contributed by atoms with Gasteiger partial charge in [-0.05, 0) is 32.5 Å². The second kappa shape index (κ2) is 13.3. The summed E-state index contributed by atoms with van der Waals surface area (Å²) in [6.45, 7) is 6.61. The normalized spacial score (nSPS) is 9.65. The van der Waals surface area contributed by atoms with Gasteiger partial charge in [-0.1, -0.05) is 13.8 Å². The predicted molar refractivity (Wildman–Crippen MR) is 70.1 cm³/mol. The number of carboxylic acids is 2. The molecule has 17 heavy (non-hydrogen) atoms. The third kappa shape index (κ3) is 10.5. The Kier molecular flexibility index (Phi) is 18.1. The summed E-state index contributed by atoms with van der Waals surface area (Å²) >= 11 is 0. The van der Waals surface area contributed by atoms with Crippen LogP contribution in [0.2, 0.25) is 0 Å². The van der Waals surface area contributed by atoms with E-state index >= 15 is 0 Å². The molecule has 2 N–H and O–H groups in total. The van der Waals surface area contributed by atoms with Crippen molar-refractivity contribution in [2.24, 2.45) is 5.92 Å². The Balaban J connectivity index is -0.000000980. The van der Waals surface area contributed by atoms with Gasteiger partial charge in [-0.15, -0.1) is 0 Å². The van der Waals surface area contributed by atoms with Crippen LogP contribution in [0.1, 0.15) is 26.7 Å². The molecule has 0 aliphatic heterocycles. The quantitative estimate of drug-likeness (QED) is 0.461.